The molecular weight excluding hydrogens is 328 g/mol. The van der Waals surface area contributed by atoms with Crippen LogP contribution in [0.1, 0.15) is 58.8 Å². The zero-order valence-corrected chi connectivity index (χ0v) is 16.8. The van der Waals surface area contributed by atoms with Crippen molar-refractivity contribution >= 4 is 18.1 Å². The first kappa shape index (κ1) is 19.0. The lowest BCUT2D eigenvalue weighted by molar-refractivity contribution is 0.0580. The summed E-state index contributed by atoms with van der Waals surface area (Å²) >= 11 is 0. The van der Waals surface area contributed by atoms with E-state index in [0.29, 0.717) is 5.54 Å². The summed E-state index contributed by atoms with van der Waals surface area (Å²) < 4.78 is 0. The Morgan fingerprint density at radius 2 is 1.48 bits per heavy atom. The number of benzene rings is 1. The van der Waals surface area contributed by atoms with E-state index >= 15 is 0 Å². The van der Waals surface area contributed by atoms with Crippen LogP contribution in [0.3, 0.4) is 0 Å². The Hall–Kier alpha value is -0.730. The third kappa shape index (κ3) is 3.71. The van der Waals surface area contributed by atoms with Crippen molar-refractivity contribution in [3.05, 3.63) is 30.3 Å². The highest BCUT2D eigenvalue weighted by atomic mass is 35.5. The average Bonchev–Trinajstić information content (AvgIpc) is 2.62. The van der Waals surface area contributed by atoms with Crippen molar-refractivity contribution in [1.82, 2.24) is 4.90 Å². The van der Waals surface area contributed by atoms with E-state index < -0.39 is 0 Å². The maximum absolute atomic E-state index is 2.84. The maximum atomic E-state index is 2.84. The van der Waals surface area contributed by atoms with Crippen molar-refractivity contribution in [3.63, 3.8) is 0 Å². The Kier molecular flexibility index (Phi) is 6.00. The first-order valence-corrected chi connectivity index (χ1v) is 10.2. The average molecular weight is 363 g/mol. The van der Waals surface area contributed by atoms with Crippen molar-refractivity contribution in [2.75, 3.05) is 24.5 Å². The fourth-order valence-corrected chi connectivity index (χ4v) is 5.51. The first-order chi connectivity index (χ1) is 11.7. The second kappa shape index (κ2) is 7.88. The summed E-state index contributed by atoms with van der Waals surface area (Å²) in [7, 11) is 0. The van der Waals surface area contributed by atoms with E-state index in [2.05, 4.69) is 54.0 Å². The number of halogens is 1. The number of anilines is 1. The molecule has 1 spiro atoms. The summed E-state index contributed by atoms with van der Waals surface area (Å²) in [5, 5.41) is 0. The van der Waals surface area contributed by atoms with E-state index in [9.17, 15) is 0 Å². The maximum Gasteiger partial charge on any atom is 0.0443 e. The van der Waals surface area contributed by atoms with Crippen LogP contribution in [0.15, 0.2) is 30.3 Å². The van der Waals surface area contributed by atoms with Crippen LogP contribution in [0.2, 0.25) is 0 Å². The molecule has 3 heteroatoms. The van der Waals surface area contributed by atoms with Gasteiger partial charge < -0.3 is 9.80 Å². The number of nitrogens with zero attached hydrogens (tertiary/aromatic N) is 2. The minimum atomic E-state index is 0. The zero-order valence-electron chi connectivity index (χ0n) is 16.0. The van der Waals surface area contributed by atoms with Crippen LogP contribution in [-0.2, 0) is 0 Å². The van der Waals surface area contributed by atoms with Gasteiger partial charge in [0.05, 0.1) is 0 Å². The third-order valence-corrected chi connectivity index (χ3v) is 7.37. The van der Waals surface area contributed by atoms with Crippen molar-refractivity contribution < 1.29 is 0 Å². The van der Waals surface area contributed by atoms with Gasteiger partial charge in [0.2, 0.25) is 0 Å². The van der Waals surface area contributed by atoms with Crippen LogP contribution in [0.4, 0.5) is 5.69 Å². The van der Waals surface area contributed by atoms with Crippen LogP contribution >= 0.6 is 12.4 Å². The van der Waals surface area contributed by atoms with Crippen LogP contribution in [-0.4, -0.2) is 36.1 Å². The lowest BCUT2D eigenvalue weighted by atomic mass is 9.74. The summed E-state index contributed by atoms with van der Waals surface area (Å²) in [5.74, 6) is 1.86. The highest BCUT2D eigenvalue weighted by molar-refractivity contribution is 5.85. The monoisotopic (exact) mass is 362 g/mol. The fourth-order valence-electron chi connectivity index (χ4n) is 5.51. The van der Waals surface area contributed by atoms with Crippen molar-refractivity contribution in [3.8, 4) is 0 Å². The second-order valence-electron chi connectivity index (χ2n) is 8.81. The van der Waals surface area contributed by atoms with Gasteiger partial charge in [0.15, 0.2) is 0 Å². The van der Waals surface area contributed by atoms with Gasteiger partial charge in [0.25, 0.3) is 0 Å². The molecule has 1 aromatic rings. The van der Waals surface area contributed by atoms with E-state index in [1.165, 1.54) is 70.3 Å². The Morgan fingerprint density at radius 1 is 0.880 bits per heavy atom. The van der Waals surface area contributed by atoms with Crippen molar-refractivity contribution in [2.24, 2.45) is 11.8 Å². The van der Waals surface area contributed by atoms with Gasteiger partial charge in [0.1, 0.15) is 0 Å². The molecular formula is C22H35ClN2. The number of likely N-dealkylation sites (tertiary alicyclic amines) is 1. The molecule has 0 amide bonds. The Morgan fingerprint density at radius 3 is 2.00 bits per heavy atom. The summed E-state index contributed by atoms with van der Waals surface area (Å²) in [4.78, 5) is 5.53. The molecule has 0 aromatic heterocycles. The van der Waals surface area contributed by atoms with Crippen LogP contribution in [0, 0.1) is 11.8 Å². The summed E-state index contributed by atoms with van der Waals surface area (Å²) in [6.45, 7) is 8.71. The van der Waals surface area contributed by atoms with Crippen molar-refractivity contribution in [2.45, 2.75) is 70.4 Å². The van der Waals surface area contributed by atoms with E-state index in [-0.39, 0.29) is 12.4 Å². The van der Waals surface area contributed by atoms with E-state index in [0.717, 1.165) is 17.9 Å². The highest BCUT2D eigenvalue weighted by Gasteiger charge is 2.47. The summed E-state index contributed by atoms with van der Waals surface area (Å²) in [5.41, 5.74) is 1.92. The van der Waals surface area contributed by atoms with Gasteiger partial charge in [-0.25, -0.2) is 0 Å². The van der Waals surface area contributed by atoms with Gasteiger partial charge in [0, 0.05) is 36.9 Å². The molecule has 1 aliphatic carbocycles. The first-order valence-electron chi connectivity index (χ1n) is 10.2. The molecule has 2 nitrogen and oxygen atoms in total. The van der Waals surface area contributed by atoms with E-state index in [1.807, 2.05) is 0 Å². The molecule has 0 unspecified atom stereocenters. The largest absolute Gasteiger partial charge is 0.366 e. The lowest BCUT2D eigenvalue weighted by Gasteiger charge is -2.58. The summed E-state index contributed by atoms with van der Waals surface area (Å²) in [6.07, 6.45) is 9.94. The highest BCUT2D eigenvalue weighted by Crippen LogP contribution is 2.44. The predicted molar refractivity (Wildman–Crippen MR) is 110 cm³/mol. The molecule has 2 heterocycles. The van der Waals surface area contributed by atoms with Gasteiger partial charge in [-0.15, -0.1) is 12.4 Å². The number of para-hydroxylation sites is 1. The molecule has 2 aliphatic heterocycles. The molecule has 0 radical (unpaired) electrons. The smallest absolute Gasteiger partial charge is 0.0443 e. The van der Waals surface area contributed by atoms with Crippen LogP contribution in [0.25, 0.3) is 0 Å². The third-order valence-electron chi connectivity index (χ3n) is 7.37. The van der Waals surface area contributed by atoms with Gasteiger partial charge in [-0.2, -0.15) is 0 Å². The number of hydrogen-bond donors (Lipinski definition) is 0. The van der Waals surface area contributed by atoms with Gasteiger partial charge in [-0.05, 0) is 68.9 Å². The molecule has 140 valence electrons. The lowest BCUT2D eigenvalue weighted by Crippen LogP contribution is -2.65. The fraction of sp³-hybridized carbons (Fsp3) is 0.727. The summed E-state index contributed by atoms with van der Waals surface area (Å²) in [6, 6.07) is 12.0. The van der Waals surface area contributed by atoms with Crippen LogP contribution < -0.4 is 4.90 Å². The zero-order chi connectivity index (χ0) is 16.6. The molecule has 0 bridgehead atoms. The quantitative estimate of drug-likeness (QED) is 0.713. The minimum Gasteiger partial charge on any atom is -0.366 e. The van der Waals surface area contributed by atoms with Gasteiger partial charge >= 0.3 is 0 Å². The molecule has 1 aromatic carbocycles. The number of piperidine rings is 1. The molecule has 0 N–H and O–H groups in total. The standard InChI is InChI=1S/C22H34N2.ClH/c1-18(2)19-8-10-20(11-9-19)23-15-12-22(13-16-23)14-17-24(22)21-6-4-3-5-7-21;/h3-7,18-20H,8-17H2,1-2H3;1H/t19-,20-;. The van der Waals surface area contributed by atoms with E-state index in [4.69, 9.17) is 0 Å². The predicted octanol–water partition coefficient (Wildman–Crippen LogP) is 5.37. The topological polar surface area (TPSA) is 6.48 Å². The Balaban J connectivity index is 0.00000182. The van der Waals surface area contributed by atoms with Gasteiger partial charge in [-0.1, -0.05) is 32.0 Å². The van der Waals surface area contributed by atoms with Crippen molar-refractivity contribution in [1.29, 1.82) is 0 Å². The molecule has 3 aliphatic rings. The van der Waals surface area contributed by atoms with E-state index in [1.54, 1.807) is 0 Å². The number of hydrogen-bond acceptors (Lipinski definition) is 2. The molecule has 2 saturated heterocycles. The SMILES string of the molecule is CC(C)[C@H]1CC[C@H](N2CCC3(CCN3c3ccccc3)CC2)CC1.Cl. The number of rotatable bonds is 3. The van der Waals surface area contributed by atoms with Crippen LogP contribution in [0.5, 0.6) is 0 Å². The normalized spacial score (nSPS) is 29.3. The Labute approximate surface area is 160 Å². The second-order valence-corrected chi connectivity index (χ2v) is 8.81. The molecule has 3 fully saturated rings. The van der Waals surface area contributed by atoms with Gasteiger partial charge in [-0.3, -0.25) is 0 Å². The molecule has 4 rings (SSSR count). The molecule has 0 atom stereocenters. The molecule has 1 saturated carbocycles. The Bertz CT molecular complexity index is 528. The molecule has 25 heavy (non-hydrogen) atoms. The minimum absolute atomic E-state index is 0.